The third-order valence-electron chi connectivity index (χ3n) is 2.73. The fraction of sp³-hybridized carbons (Fsp3) is 0.333. The highest BCUT2D eigenvalue weighted by molar-refractivity contribution is 6.68. The van der Waals surface area contributed by atoms with E-state index < -0.39 is 3.79 Å². The molecule has 2 rings (SSSR count). The van der Waals surface area contributed by atoms with Crippen molar-refractivity contribution in [3.63, 3.8) is 0 Å². The van der Waals surface area contributed by atoms with E-state index in [0.717, 1.165) is 17.8 Å². The first-order valence-corrected chi connectivity index (χ1v) is 6.28. The number of hydrogen-bond donors (Lipinski definition) is 0. The van der Waals surface area contributed by atoms with Crippen LogP contribution < -0.4 is 4.90 Å². The maximum Gasteiger partial charge on any atom is 0.200 e. The average molecular weight is 277 g/mol. The molecule has 16 heavy (non-hydrogen) atoms. The molecule has 1 heterocycles. The van der Waals surface area contributed by atoms with Crippen molar-refractivity contribution in [2.75, 3.05) is 11.4 Å². The molecule has 0 N–H and O–H groups in total. The molecular formula is C12H12Cl3N. The summed E-state index contributed by atoms with van der Waals surface area (Å²) in [6.07, 6.45) is 3.92. The minimum atomic E-state index is -1.30. The topological polar surface area (TPSA) is 3.24 Å². The zero-order valence-electron chi connectivity index (χ0n) is 8.83. The Morgan fingerprint density at radius 1 is 1.25 bits per heavy atom. The molecular weight excluding hydrogens is 264 g/mol. The van der Waals surface area contributed by atoms with E-state index in [1.165, 1.54) is 0 Å². The Morgan fingerprint density at radius 2 is 1.94 bits per heavy atom. The number of hydrogen-bond acceptors (Lipinski definition) is 1. The Balaban J connectivity index is 2.48. The van der Waals surface area contributed by atoms with E-state index in [-0.39, 0.29) is 5.92 Å². The number of fused-ring (bicyclic) bond motifs is 1. The number of alkyl halides is 3. The van der Waals surface area contributed by atoms with Crippen LogP contribution in [0.4, 0.5) is 5.69 Å². The second-order valence-corrected chi connectivity index (χ2v) is 6.07. The Labute approximate surface area is 111 Å². The zero-order chi connectivity index (χ0) is 11.8. The maximum atomic E-state index is 5.99. The highest BCUT2D eigenvalue weighted by Crippen LogP contribution is 2.47. The van der Waals surface area contributed by atoms with Gasteiger partial charge in [-0.25, -0.2) is 0 Å². The third-order valence-corrected chi connectivity index (χ3v) is 3.44. The fourth-order valence-electron chi connectivity index (χ4n) is 1.95. The summed E-state index contributed by atoms with van der Waals surface area (Å²) in [5.74, 6) is -0.184. The molecule has 1 aromatic rings. The average Bonchev–Trinajstić information content (AvgIpc) is 2.26. The van der Waals surface area contributed by atoms with Gasteiger partial charge in [-0.3, -0.25) is 0 Å². The van der Waals surface area contributed by atoms with Crippen LogP contribution in [0.3, 0.4) is 0 Å². The lowest BCUT2D eigenvalue weighted by atomic mass is 9.95. The second kappa shape index (κ2) is 4.48. The maximum absolute atomic E-state index is 5.99. The highest BCUT2D eigenvalue weighted by Gasteiger charge is 2.35. The molecule has 86 valence electrons. The number of anilines is 1. The molecule has 0 bridgehead atoms. The van der Waals surface area contributed by atoms with Crippen LogP contribution in [-0.2, 0) is 0 Å². The van der Waals surface area contributed by atoms with E-state index >= 15 is 0 Å². The second-order valence-electron chi connectivity index (χ2n) is 3.71. The molecule has 0 aliphatic carbocycles. The quantitative estimate of drug-likeness (QED) is 0.683. The summed E-state index contributed by atoms with van der Waals surface area (Å²) >= 11 is 18.0. The lowest BCUT2D eigenvalue weighted by Gasteiger charge is -2.32. The van der Waals surface area contributed by atoms with Gasteiger partial charge in [0.05, 0.1) is 5.92 Å². The Bertz CT molecular complexity index is 409. The van der Waals surface area contributed by atoms with Crippen LogP contribution in [0.15, 0.2) is 36.5 Å². The molecule has 1 aromatic carbocycles. The van der Waals surface area contributed by atoms with Crippen molar-refractivity contribution in [1.82, 2.24) is 0 Å². The van der Waals surface area contributed by atoms with Gasteiger partial charge in [-0.2, -0.15) is 0 Å². The smallest absolute Gasteiger partial charge is 0.200 e. The van der Waals surface area contributed by atoms with Crippen molar-refractivity contribution >= 4 is 40.5 Å². The summed E-state index contributed by atoms with van der Waals surface area (Å²) in [7, 11) is 0. The van der Waals surface area contributed by atoms with Crippen molar-refractivity contribution in [2.45, 2.75) is 16.6 Å². The van der Waals surface area contributed by atoms with Crippen LogP contribution in [0.2, 0.25) is 0 Å². The number of para-hydroxylation sites is 1. The lowest BCUT2D eigenvalue weighted by Crippen LogP contribution is -2.26. The van der Waals surface area contributed by atoms with Gasteiger partial charge in [-0.05, 0) is 18.6 Å². The molecule has 1 aliphatic rings. The lowest BCUT2D eigenvalue weighted by molar-refractivity contribution is 0.829. The molecule has 1 atom stereocenters. The van der Waals surface area contributed by atoms with Crippen LogP contribution >= 0.6 is 34.8 Å². The van der Waals surface area contributed by atoms with Crippen LogP contribution in [0.5, 0.6) is 0 Å². The van der Waals surface area contributed by atoms with Crippen LogP contribution in [0.25, 0.3) is 0 Å². The fourth-order valence-corrected chi connectivity index (χ4v) is 2.52. The summed E-state index contributed by atoms with van der Waals surface area (Å²) in [5.41, 5.74) is 2.18. The van der Waals surface area contributed by atoms with Gasteiger partial charge in [0, 0.05) is 18.4 Å². The van der Waals surface area contributed by atoms with Gasteiger partial charge in [-0.15, -0.1) is 0 Å². The Kier molecular flexibility index (Phi) is 3.39. The van der Waals surface area contributed by atoms with Gasteiger partial charge >= 0.3 is 0 Å². The van der Waals surface area contributed by atoms with E-state index in [1.807, 2.05) is 36.5 Å². The van der Waals surface area contributed by atoms with Gasteiger partial charge in [0.2, 0.25) is 3.79 Å². The normalized spacial score (nSPS) is 19.8. The molecule has 0 radical (unpaired) electrons. The zero-order valence-corrected chi connectivity index (χ0v) is 11.1. The minimum Gasteiger partial charge on any atom is -0.348 e. The molecule has 0 spiro atoms. The van der Waals surface area contributed by atoms with Gasteiger partial charge in [0.25, 0.3) is 0 Å². The van der Waals surface area contributed by atoms with Gasteiger partial charge < -0.3 is 4.90 Å². The summed E-state index contributed by atoms with van der Waals surface area (Å²) < 4.78 is -1.30. The van der Waals surface area contributed by atoms with Crippen molar-refractivity contribution < 1.29 is 0 Å². The Morgan fingerprint density at radius 3 is 2.56 bits per heavy atom. The van der Waals surface area contributed by atoms with Gasteiger partial charge in [-0.1, -0.05) is 59.1 Å². The molecule has 1 aliphatic heterocycles. The summed E-state index contributed by atoms with van der Waals surface area (Å²) in [4.78, 5) is 2.14. The van der Waals surface area contributed by atoms with Crippen molar-refractivity contribution in [1.29, 1.82) is 0 Å². The SMILES string of the molecule is CCN1C=CC(C(Cl)(Cl)Cl)c2ccccc21. The number of halogens is 3. The van der Waals surface area contributed by atoms with E-state index in [1.54, 1.807) is 0 Å². The van der Waals surface area contributed by atoms with E-state index in [2.05, 4.69) is 11.8 Å². The molecule has 1 unspecified atom stereocenters. The molecule has 4 heteroatoms. The summed E-state index contributed by atoms with van der Waals surface area (Å²) in [6, 6.07) is 8.02. The van der Waals surface area contributed by atoms with Crippen LogP contribution in [0, 0.1) is 0 Å². The number of nitrogens with zero attached hydrogens (tertiary/aromatic N) is 1. The van der Waals surface area contributed by atoms with Crippen molar-refractivity contribution in [2.24, 2.45) is 0 Å². The number of rotatable bonds is 1. The van der Waals surface area contributed by atoms with E-state index in [0.29, 0.717) is 0 Å². The standard InChI is InChI=1S/C12H12Cl3N/c1-2-16-8-7-10(12(13,14)15)9-5-3-4-6-11(9)16/h3-8,10H,2H2,1H3. The number of allylic oxidation sites excluding steroid dienone is 1. The molecule has 0 saturated heterocycles. The molecule has 0 saturated carbocycles. The molecule has 0 amide bonds. The van der Waals surface area contributed by atoms with Gasteiger partial charge in [0.1, 0.15) is 0 Å². The van der Waals surface area contributed by atoms with Crippen molar-refractivity contribution in [3.05, 3.63) is 42.1 Å². The number of benzene rings is 1. The third kappa shape index (κ3) is 2.17. The van der Waals surface area contributed by atoms with E-state index in [9.17, 15) is 0 Å². The molecule has 0 aromatic heterocycles. The minimum absolute atomic E-state index is 0.184. The first-order chi connectivity index (χ1) is 7.54. The van der Waals surface area contributed by atoms with Crippen LogP contribution in [0.1, 0.15) is 18.4 Å². The summed E-state index contributed by atoms with van der Waals surface area (Å²) in [6.45, 7) is 3.00. The monoisotopic (exact) mass is 275 g/mol. The van der Waals surface area contributed by atoms with Crippen LogP contribution in [-0.4, -0.2) is 10.3 Å². The molecule has 1 nitrogen and oxygen atoms in total. The predicted molar refractivity (Wildman–Crippen MR) is 71.6 cm³/mol. The summed E-state index contributed by atoms with van der Waals surface area (Å²) in [5, 5.41) is 0. The van der Waals surface area contributed by atoms with Crippen molar-refractivity contribution in [3.8, 4) is 0 Å². The first kappa shape index (κ1) is 12.1. The molecule has 0 fully saturated rings. The Hall–Kier alpha value is -0.370. The predicted octanol–water partition coefficient (Wildman–Crippen LogP) is 4.49. The first-order valence-electron chi connectivity index (χ1n) is 5.14. The highest BCUT2D eigenvalue weighted by atomic mass is 35.6. The van der Waals surface area contributed by atoms with E-state index in [4.69, 9.17) is 34.8 Å². The largest absolute Gasteiger partial charge is 0.348 e. The van der Waals surface area contributed by atoms with Gasteiger partial charge in [0.15, 0.2) is 0 Å².